The molecule has 2 amide bonds. The lowest BCUT2D eigenvalue weighted by molar-refractivity contribution is -0.141. The van der Waals surface area contributed by atoms with Crippen LogP contribution in [-0.2, 0) is 32.6 Å². The van der Waals surface area contributed by atoms with Crippen molar-refractivity contribution in [3.05, 3.63) is 101 Å². The number of nitrogens with one attached hydrogen (secondary N) is 1. The van der Waals surface area contributed by atoms with Gasteiger partial charge in [-0.3, -0.25) is 9.59 Å². The Morgan fingerprint density at radius 3 is 2.13 bits per heavy atom. The van der Waals surface area contributed by atoms with Crippen molar-refractivity contribution in [3.8, 4) is 0 Å². The molecule has 1 N–H and O–H groups in total. The molecule has 8 heteroatoms. The van der Waals surface area contributed by atoms with Crippen molar-refractivity contribution in [1.82, 2.24) is 14.5 Å². The minimum absolute atomic E-state index is 0.0734. The highest BCUT2D eigenvalue weighted by Crippen LogP contribution is 2.20. The molecule has 0 spiro atoms. The zero-order valence-electron chi connectivity index (χ0n) is 23.4. The van der Waals surface area contributed by atoms with Gasteiger partial charge in [0.05, 0.1) is 11.4 Å². The summed E-state index contributed by atoms with van der Waals surface area (Å²) in [4.78, 5) is 29.2. The Balaban J connectivity index is 1.99. The smallest absolute Gasteiger partial charge is 0.243 e. The van der Waals surface area contributed by atoms with Crippen LogP contribution in [0.4, 0.5) is 0 Å². The quantitative estimate of drug-likeness (QED) is 0.361. The van der Waals surface area contributed by atoms with E-state index < -0.39 is 28.5 Å². The van der Waals surface area contributed by atoms with Gasteiger partial charge in [-0.05, 0) is 56.0 Å². The molecule has 3 rings (SSSR count). The van der Waals surface area contributed by atoms with Gasteiger partial charge in [0.1, 0.15) is 6.04 Å². The number of carbonyl (C=O) groups is 2. The average molecular weight is 550 g/mol. The summed E-state index contributed by atoms with van der Waals surface area (Å²) < 4.78 is 27.6. The van der Waals surface area contributed by atoms with Crippen LogP contribution in [0, 0.1) is 13.8 Å². The molecule has 2 atom stereocenters. The summed E-state index contributed by atoms with van der Waals surface area (Å²) in [6.07, 6.45) is 1.04. The highest BCUT2D eigenvalue weighted by molar-refractivity contribution is 7.89. The normalized spacial score (nSPS) is 13.1. The first-order valence-electron chi connectivity index (χ1n) is 13.2. The van der Waals surface area contributed by atoms with Crippen molar-refractivity contribution in [2.45, 2.75) is 64.1 Å². The molecule has 0 saturated carbocycles. The number of likely N-dealkylation sites (N-methyl/N-ethyl adjacent to an activating group) is 1. The summed E-state index contributed by atoms with van der Waals surface area (Å²) in [5.74, 6) is -0.712. The number of rotatable bonds is 12. The van der Waals surface area contributed by atoms with E-state index >= 15 is 0 Å². The van der Waals surface area contributed by atoms with Gasteiger partial charge >= 0.3 is 0 Å². The second-order valence-corrected chi connectivity index (χ2v) is 12.1. The van der Waals surface area contributed by atoms with Crippen molar-refractivity contribution in [1.29, 1.82) is 0 Å². The van der Waals surface area contributed by atoms with Crippen LogP contribution in [-0.4, -0.2) is 55.1 Å². The van der Waals surface area contributed by atoms with E-state index in [0.717, 1.165) is 33.0 Å². The van der Waals surface area contributed by atoms with Gasteiger partial charge < -0.3 is 10.2 Å². The minimum atomic E-state index is -3.91. The number of hydrogen-bond donors (Lipinski definition) is 1. The van der Waals surface area contributed by atoms with Crippen LogP contribution in [0.5, 0.6) is 0 Å². The predicted molar refractivity (Wildman–Crippen MR) is 155 cm³/mol. The van der Waals surface area contributed by atoms with Crippen molar-refractivity contribution in [2.24, 2.45) is 0 Å². The molecule has 208 valence electrons. The van der Waals surface area contributed by atoms with Gasteiger partial charge in [0.25, 0.3) is 0 Å². The van der Waals surface area contributed by atoms with Crippen molar-refractivity contribution < 1.29 is 18.0 Å². The molecule has 0 bridgehead atoms. The van der Waals surface area contributed by atoms with E-state index in [-0.39, 0.29) is 23.4 Å². The summed E-state index contributed by atoms with van der Waals surface area (Å²) >= 11 is 0. The van der Waals surface area contributed by atoms with Crippen molar-refractivity contribution in [2.75, 3.05) is 13.6 Å². The molecular formula is C31H39N3O4S. The van der Waals surface area contributed by atoms with Crippen molar-refractivity contribution in [3.63, 3.8) is 0 Å². The average Bonchev–Trinajstić information content (AvgIpc) is 2.92. The zero-order chi connectivity index (χ0) is 28.6. The Labute approximate surface area is 232 Å². The Morgan fingerprint density at radius 2 is 1.51 bits per heavy atom. The second kappa shape index (κ2) is 13.5. The highest BCUT2D eigenvalue weighted by Gasteiger charge is 2.33. The number of sulfonamides is 1. The standard InChI is InChI=1S/C31H39N3O4S/c1-6-25(4)32-31(36)29(20-26-13-8-7-9-14-26)34(21-27-15-11-10-12-24(27)3)30(35)22-33(5)39(37,38)28-18-16-23(2)17-19-28/h7-19,25,29H,6,20-22H2,1-5H3,(H,32,36). The van der Waals surface area contributed by atoms with Crippen LogP contribution in [0.3, 0.4) is 0 Å². The molecule has 0 aliphatic carbocycles. The summed E-state index contributed by atoms with van der Waals surface area (Å²) in [5.41, 5.74) is 3.72. The maximum absolute atomic E-state index is 13.9. The van der Waals surface area contributed by atoms with E-state index in [0.29, 0.717) is 6.42 Å². The fraction of sp³-hybridized carbons (Fsp3) is 0.355. The topological polar surface area (TPSA) is 86.8 Å². The molecule has 0 aromatic heterocycles. The largest absolute Gasteiger partial charge is 0.352 e. The third-order valence-corrected chi connectivity index (χ3v) is 8.78. The van der Waals surface area contributed by atoms with E-state index in [1.165, 1.54) is 24.1 Å². The third kappa shape index (κ3) is 8.00. The van der Waals surface area contributed by atoms with Crippen LogP contribution < -0.4 is 5.32 Å². The lowest BCUT2D eigenvalue weighted by atomic mass is 10.0. The number of amides is 2. The number of aryl methyl sites for hydroxylation is 2. The first-order valence-corrected chi connectivity index (χ1v) is 14.7. The van der Waals surface area contributed by atoms with Crippen molar-refractivity contribution >= 4 is 21.8 Å². The Kier molecular flexibility index (Phi) is 10.4. The lowest BCUT2D eigenvalue weighted by Crippen LogP contribution is -2.54. The molecule has 39 heavy (non-hydrogen) atoms. The van der Waals surface area contributed by atoms with Gasteiger partial charge in [-0.15, -0.1) is 0 Å². The molecule has 0 saturated heterocycles. The number of benzene rings is 3. The summed E-state index contributed by atoms with van der Waals surface area (Å²) in [6, 6.07) is 22.9. The van der Waals surface area contributed by atoms with Crippen LogP contribution >= 0.6 is 0 Å². The van der Waals surface area contributed by atoms with Gasteiger partial charge in [0, 0.05) is 26.1 Å². The summed E-state index contributed by atoms with van der Waals surface area (Å²) in [7, 11) is -2.51. The Hall–Kier alpha value is -3.49. The van der Waals surface area contributed by atoms with E-state index in [9.17, 15) is 18.0 Å². The molecule has 7 nitrogen and oxygen atoms in total. The van der Waals surface area contributed by atoms with E-state index in [1.54, 1.807) is 12.1 Å². The van der Waals surface area contributed by atoms with Crippen LogP contribution in [0.15, 0.2) is 83.8 Å². The lowest BCUT2D eigenvalue weighted by Gasteiger charge is -2.33. The Bertz CT molecular complexity index is 1360. The zero-order valence-corrected chi connectivity index (χ0v) is 24.2. The maximum atomic E-state index is 13.9. The van der Waals surface area contributed by atoms with Gasteiger partial charge in [-0.1, -0.05) is 79.2 Å². The molecule has 0 radical (unpaired) electrons. The minimum Gasteiger partial charge on any atom is -0.352 e. The molecule has 0 heterocycles. The monoisotopic (exact) mass is 549 g/mol. The van der Waals surface area contributed by atoms with Gasteiger partial charge in [0.2, 0.25) is 21.8 Å². The molecule has 3 aromatic rings. The number of nitrogens with zero attached hydrogens (tertiary/aromatic N) is 2. The van der Waals surface area contributed by atoms with Crippen LogP contribution in [0.2, 0.25) is 0 Å². The van der Waals surface area contributed by atoms with Gasteiger partial charge in [-0.2, -0.15) is 4.31 Å². The van der Waals surface area contributed by atoms with E-state index in [2.05, 4.69) is 5.32 Å². The predicted octanol–water partition coefficient (Wildman–Crippen LogP) is 4.48. The van der Waals surface area contributed by atoms with Gasteiger partial charge in [-0.25, -0.2) is 8.42 Å². The highest BCUT2D eigenvalue weighted by atomic mass is 32.2. The fourth-order valence-electron chi connectivity index (χ4n) is 4.22. The first kappa shape index (κ1) is 30.1. The first-order chi connectivity index (χ1) is 18.5. The summed E-state index contributed by atoms with van der Waals surface area (Å²) in [6.45, 7) is 7.52. The van der Waals surface area contributed by atoms with E-state index in [1.807, 2.05) is 82.3 Å². The van der Waals surface area contributed by atoms with Gasteiger partial charge in [0.15, 0.2) is 0 Å². The molecule has 2 unspecified atom stereocenters. The molecular weight excluding hydrogens is 510 g/mol. The SMILES string of the molecule is CCC(C)NC(=O)C(Cc1ccccc1)N(Cc1ccccc1C)C(=O)CN(C)S(=O)(=O)c1ccc(C)cc1. The third-order valence-electron chi connectivity index (χ3n) is 6.96. The second-order valence-electron chi connectivity index (χ2n) is 10.0. The van der Waals surface area contributed by atoms with Crippen LogP contribution in [0.25, 0.3) is 0 Å². The fourth-order valence-corrected chi connectivity index (χ4v) is 5.34. The molecule has 0 aliphatic rings. The molecule has 3 aromatic carbocycles. The van der Waals surface area contributed by atoms with E-state index in [4.69, 9.17) is 0 Å². The Morgan fingerprint density at radius 1 is 0.897 bits per heavy atom. The molecule has 0 fully saturated rings. The maximum Gasteiger partial charge on any atom is 0.243 e. The molecule has 0 aliphatic heterocycles. The summed E-state index contributed by atoms with van der Waals surface area (Å²) in [5, 5.41) is 3.04. The number of carbonyl (C=O) groups excluding carboxylic acids is 2. The number of hydrogen-bond acceptors (Lipinski definition) is 4. The van der Waals surface area contributed by atoms with Crippen LogP contribution in [0.1, 0.15) is 42.5 Å².